The summed E-state index contributed by atoms with van der Waals surface area (Å²) in [6.45, 7) is 0.276. The molecule has 0 aliphatic carbocycles. The van der Waals surface area contributed by atoms with Crippen molar-refractivity contribution in [2.24, 2.45) is 0 Å². The molecule has 0 unspecified atom stereocenters. The number of nitrogens with one attached hydrogen (secondary N) is 1. The number of amides is 2. The maximum absolute atomic E-state index is 13.1. The van der Waals surface area contributed by atoms with Gasteiger partial charge in [-0.1, -0.05) is 24.3 Å². The molecule has 2 aromatic carbocycles. The van der Waals surface area contributed by atoms with E-state index in [1.807, 2.05) is 0 Å². The van der Waals surface area contributed by atoms with Crippen molar-refractivity contribution in [1.29, 1.82) is 0 Å². The molecule has 3 rings (SSSR count). The fourth-order valence-electron chi connectivity index (χ4n) is 3.19. The molecule has 1 fully saturated rings. The number of anilines is 1. The van der Waals surface area contributed by atoms with Crippen molar-refractivity contribution in [3.63, 3.8) is 0 Å². The number of hydrogen-bond donors (Lipinski definition) is 1. The van der Waals surface area contributed by atoms with Gasteiger partial charge in [0.05, 0.1) is 16.8 Å². The lowest BCUT2D eigenvalue weighted by atomic mass is 10.1. The summed E-state index contributed by atoms with van der Waals surface area (Å²) >= 11 is 0. The van der Waals surface area contributed by atoms with E-state index in [-0.39, 0.29) is 37.4 Å². The Morgan fingerprint density at radius 1 is 0.867 bits per heavy atom. The summed E-state index contributed by atoms with van der Waals surface area (Å²) in [6, 6.07) is 8.78. The van der Waals surface area contributed by atoms with Gasteiger partial charge in [-0.25, -0.2) is 4.79 Å². The van der Waals surface area contributed by atoms with E-state index < -0.39 is 35.6 Å². The summed E-state index contributed by atoms with van der Waals surface area (Å²) in [6.07, 6.45) is -9.21. The fraction of sp³-hybridized carbons (Fsp3) is 0.350. The number of urea groups is 1. The molecule has 0 atom stereocenters. The molecular weight excluding hydrogens is 414 g/mol. The van der Waals surface area contributed by atoms with Crippen molar-refractivity contribution in [2.75, 3.05) is 18.4 Å². The van der Waals surface area contributed by atoms with E-state index in [9.17, 15) is 31.1 Å². The van der Waals surface area contributed by atoms with Crippen LogP contribution >= 0.6 is 0 Å². The highest BCUT2D eigenvalue weighted by Crippen LogP contribution is 2.37. The number of nitrogens with zero attached hydrogens (tertiary/aromatic N) is 1. The molecule has 162 valence electrons. The zero-order valence-electron chi connectivity index (χ0n) is 15.6. The first-order valence-corrected chi connectivity index (χ1v) is 9.11. The molecule has 0 bridgehead atoms. The topological polar surface area (TPSA) is 41.6 Å². The van der Waals surface area contributed by atoms with Crippen molar-refractivity contribution >= 4 is 11.7 Å². The zero-order valence-corrected chi connectivity index (χ0v) is 15.6. The molecule has 1 N–H and O–H groups in total. The highest BCUT2D eigenvalue weighted by atomic mass is 19.4. The van der Waals surface area contributed by atoms with Crippen LogP contribution in [0, 0.1) is 0 Å². The predicted octanol–water partition coefficient (Wildman–Crippen LogP) is 5.80. The van der Waals surface area contributed by atoms with Gasteiger partial charge < -0.3 is 15.0 Å². The molecule has 10 heteroatoms. The van der Waals surface area contributed by atoms with Crippen LogP contribution in [0.4, 0.5) is 36.8 Å². The van der Waals surface area contributed by atoms with Crippen LogP contribution < -0.4 is 10.1 Å². The Morgan fingerprint density at radius 2 is 1.40 bits per heavy atom. The second-order valence-electron chi connectivity index (χ2n) is 6.77. The number of piperidine rings is 1. The molecule has 0 spiro atoms. The monoisotopic (exact) mass is 432 g/mol. The summed E-state index contributed by atoms with van der Waals surface area (Å²) < 4.78 is 83.9. The van der Waals surface area contributed by atoms with Crippen LogP contribution in [0.3, 0.4) is 0 Å². The Kier molecular flexibility index (Phi) is 6.14. The van der Waals surface area contributed by atoms with E-state index in [1.54, 1.807) is 0 Å². The second kappa shape index (κ2) is 8.45. The molecule has 30 heavy (non-hydrogen) atoms. The van der Waals surface area contributed by atoms with Crippen LogP contribution in [0.1, 0.15) is 24.0 Å². The molecule has 2 aromatic rings. The first kappa shape index (κ1) is 21.8. The van der Waals surface area contributed by atoms with Crippen LogP contribution in [0.2, 0.25) is 0 Å². The number of halogens is 6. The fourth-order valence-corrected chi connectivity index (χ4v) is 3.19. The minimum absolute atomic E-state index is 0.138. The van der Waals surface area contributed by atoms with Crippen molar-refractivity contribution in [3.8, 4) is 5.75 Å². The maximum Gasteiger partial charge on any atom is 0.419 e. The van der Waals surface area contributed by atoms with Crippen molar-refractivity contribution in [1.82, 2.24) is 4.90 Å². The summed E-state index contributed by atoms with van der Waals surface area (Å²) in [5.74, 6) is -0.285. The molecule has 0 aromatic heterocycles. The average Bonchev–Trinajstić information content (AvgIpc) is 2.68. The maximum atomic E-state index is 13.1. The zero-order chi connectivity index (χ0) is 21.9. The van der Waals surface area contributed by atoms with Crippen molar-refractivity contribution in [2.45, 2.75) is 31.3 Å². The van der Waals surface area contributed by atoms with Gasteiger partial charge in [0.2, 0.25) is 0 Å². The highest BCUT2D eigenvalue weighted by Gasteiger charge is 2.36. The van der Waals surface area contributed by atoms with Crippen molar-refractivity contribution < 1.29 is 35.9 Å². The van der Waals surface area contributed by atoms with Gasteiger partial charge in [-0.05, 0) is 24.3 Å². The van der Waals surface area contributed by atoms with Gasteiger partial charge in [0.15, 0.2) is 0 Å². The van der Waals surface area contributed by atoms with E-state index >= 15 is 0 Å². The first-order valence-electron chi connectivity index (χ1n) is 9.11. The first-order chi connectivity index (χ1) is 14.1. The van der Waals surface area contributed by atoms with Crippen LogP contribution in [-0.2, 0) is 12.4 Å². The summed E-state index contributed by atoms with van der Waals surface area (Å²) in [7, 11) is 0. The molecule has 0 saturated carbocycles. The molecular formula is C20H18F6N2O2. The molecule has 0 radical (unpaired) electrons. The second-order valence-corrected chi connectivity index (χ2v) is 6.77. The normalized spacial score (nSPS) is 15.7. The summed E-state index contributed by atoms with van der Waals surface area (Å²) in [5.41, 5.74) is -2.19. The third-order valence-corrected chi connectivity index (χ3v) is 4.69. The standard InChI is InChI=1S/C20H18F6N2O2/c21-19(22,23)14-5-1-3-7-16(14)27-18(29)28-11-9-13(10-12-28)30-17-8-4-2-6-15(17)20(24,25)26/h1-8,13H,9-12H2,(H,27,29). The minimum Gasteiger partial charge on any atom is -0.490 e. The van der Waals surface area contributed by atoms with E-state index in [4.69, 9.17) is 4.74 Å². The van der Waals surface area contributed by atoms with E-state index in [0.29, 0.717) is 0 Å². The lowest BCUT2D eigenvalue weighted by Crippen LogP contribution is -2.44. The highest BCUT2D eigenvalue weighted by molar-refractivity contribution is 5.90. The van der Waals surface area contributed by atoms with E-state index in [2.05, 4.69) is 5.32 Å². The molecule has 1 heterocycles. The Bertz CT molecular complexity index is 889. The Morgan fingerprint density at radius 3 is 2.00 bits per heavy atom. The lowest BCUT2D eigenvalue weighted by Gasteiger charge is -2.32. The summed E-state index contributed by atoms with van der Waals surface area (Å²) in [5, 5.41) is 2.26. The van der Waals surface area contributed by atoms with Gasteiger partial charge in [0, 0.05) is 25.9 Å². The number of alkyl halides is 6. The molecule has 1 aliphatic heterocycles. The van der Waals surface area contributed by atoms with E-state index in [1.165, 1.54) is 35.2 Å². The molecule has 1 aliphatic rings. The van der Waals surface area contributed by atoms with Crippen LogP contribution in [0.15, 0.2) is 48.5 Å². The molecule has 2 amide bonds. The number of carbonyl (C=O) groups excluding carboxylic acids is 1. The van der Waals surface area contributed by atoms with Crippen LogP contribution in [0.5, 0.6) is 5.75 Å². The Labute approximate surface area is 168 Å². The number of para-hydroxylation sites is 2. The summed E-state index contributed by atoms with van der Waals surface area (Å²) in [4.78, 5) is 13.7. The third kappa shape index (κ3) is 5.17. The number of ether oxygens (including phenoxy) is 1. The molecule has 1 saturated heterocycles. The lowest BCUT2D eigenvalue weighted by molar-refractivity contribution is -0.139. The van der Waals surface area contributed by atoms with Crippen LogP contribution in [0.25, 0.3) is 0 Å². The van der Waals surface area contributed by atoms with Crippen LogP contribution in [-0.4, -0.2) is 30.1 Å². The van der Waals surface area contributed by atoms with Crippen molar-refractivity contribution in [3.05, 3.63) is 59.7 Å². The van der Waals surface area contributed by atoms with Gasteiger partial charge in [-0.2, -0.15) is 26.3 Å². The van der Waals surface area contributed by atoms with Gasteiger partial charge >= 0.3 is 18.4 Å². The quantitative estimate of drug-likeness (QED) is 0.623. The number of carbonyl (C=O) groups is 1. The van der Waals surface area contributed by atoms with Gasteiger partial charge in [0.25, 0.3) is 0 Å². The molecule has 4 nitrogen and oxygen atoms in total. The number of rotatable bonds is 3. The largest absolute Gasteiger partial charge is 0.490 e. The SMILES string of the molecule is O=C(Nc1ccccc1C(F)(F)F)N1CCC(Oc2ccccc2C(F)(F)F)CC1. The third-order valence-electron chi connectivity index (χ3n) is 4.69. The Balaban J connectivity index is 1.60. The van der Waals surface area contributed by atoms with Gasteiger partial charge in [-0.15, -0.1) is 0 Å². The average molecular weight is 432 g/mol. The van der Waals surface area contributed by atoms with Gasteiger partial charge in [0.1, 0.15) is 11.9 Å². The minimum atomic E-state index is -4.61. The number of likely N-dealkylation sites (tertiary alicyclic amines) is 1. The number of hydrogen-bond acceptors (Lipinski definition) is 2. The Hall–Kier alpha value is -2.91. The van der Waals surface area contributed by atoms with E-state index in [0.717, 1.165) is 18.2 Å². The number of benzene rings is 2. The van der Waals surface area contributed by atoms with Gasteiger partial charge in [-0.3, -0.25) is 0 Å². The smallest absolute Gasteiger partial charge is 0.419 e. The predicted molar refractivity (Wildman–Crippen MR) is 97.1 cm³/mol.